The number of rotatable bonds is 2. The molecule has 0 radical (unpaired) electrons. The lowest BCUT2D eigenvalue weighted by Gasteiger charge is -2.25. The Morgan fingerprint density at radius 2 is 1.87 bits per heavy atom. The van der Waals surface area contributed by atoms with Gasteiger partial charge in [-0.1, -0.05) is 6.07 Å². The van der Waals surface area contributed by atoms with E-state index in [1.54, 1.807) is 0 Å². The average molecular weight is 209 g/mol. The summed E-state index contributed by atoms with van der Waals surface area (Å²) in [5, 5.41) is 0. The van der Waals surface area contributed by atoms with Crippen molar-refractivity contribution in [3.05, 3.63) is 23.8 Å². The molecule has 0 aromatic heterocycles. The first kappa shape index (κ1) is 10.3. The molecule has 0 fully saturated rings. The minimum atomic E-state index is -0.518. The fourth-order valence-electron chi connectivity index (χ4n) is 1.49. The number of nitrogens with two attached hydrogens (primary N) is 1. The molecule has 2 N–H and O–H groups in total. The van der Waals surface area contributed by atoms with Gasteiger partial charge < -0.3 is 9.47 Å². The van der Waals surface area contributed by atoms with E-state index in [9.17, 15) is 0 Å². The molecule has 1 aliphatic heterocycles. The molecule has 4 nitrogen and oxygen atoms in total. The van der Waals surface area contributed by atoms with Crippen LogP contribution in [0, 0.1) is 0 Å². The van der Waals surface area contributed by atoms with E-state index >= 15 is 0 Å². The first-order valence-corrected chi connectivity index (χ1v) is 4.91. The van der Waals surface area contributed by atoms with Gasteiger partial charge in [-0.3, -0.25) is 4.84 Å². The SMILES string of the molecule is CC(C)(ON)c1ccc2c(c1)OCCO2. The molecule has 0 amide bonds. The van der Waals surface area contributed by atoms with Gasteiger partial charge in [0.25, 0.3) is 0 Å². The van der Waals surface area contributed by atoms with E-state index in [1.165, 1.54) is 0 Å². The van der Waals surface area contributed by atoms with Crippen molar-refractivity contribution >= 4 is 0 Å². The highest BCUT2D eigenvalue weighted by atomic mass is 16.6. The zero-order valence-electron chi connectivity index (χ0n) is 8.95. The predicted molar refractivity (Wildman–Crippen MR) is 55.7 cm³/mol. The molecule has 1 aromatic rings. The number of hydrogen-bond acceptors (Lipinski definition) is 4. The second-order valence-electron chi connectivity index (χ2n) is 3.99. The molecule has 0 unspecified atom stereocenters. The van der Waals surface area contributed by atoms with Crippen molar-refractivity contribution < 1.29 is 14.3 Å². The highest BCUT2D eigenvalue weighted by Gasteiger charge is 2.23. The molecule has 0 saturated heterocycles. The quantitative estimate of drug-likeness (QED) is 0.751. The van der Waals surface area contributed by atoms with E-state index in [0.29, 0.717) is 13.2 Å². The van der Waals surface area contributed by atoms with Crippen LogP contribution in [0.5, 0.6) is 11.5 Å². The fourth-order valence-corrected chi connectivity index (χ4v) is 1.49. The van der Waals surface area contributed by atoms with Gasteiger partial charge in [0, 0.05) is 0 Å². The Balaban J connectivity index is 2.36. The topological polar surface area (TPSA) is 53.7 Å². The molecule has 82 valence electrons. The third-order valence-electron chi connectivity index (χ3n) is 2.53. The maximum atomic E-state index is 5.48. The number of ether oxygens (including phenoxy) is 2. The standard InChI is InChI=1S/C11H15NO3/c1-11(2,15-12)8-3-4-9-10(7-8)14-6-5-13-9/h3-4,7H,5-6,12H2,1-2H3. The van der Waals surface area contributed by atoms with Gasteiger partial charge in [0.1, 0.15) is 18.8 Å². The Hall–Kier alpha value is -1.26. The monoisotopic (exact) mass is 209 g/mol. The van der Waals surface area contributed by atoms with Crippen LogP contribution < -0.4 is 15.4 Å². The first-order valence-electron chi connectivity index (χ1n) is 4.91. The zero-order valence-corrected chi connectivity index (χ0v) is 8.95. The summed E-state index contributed by atoms with van der Waals surface area (Å²) in [4.78, 5) is 4.92. The fraction of sp³-hybridized carbons (Fsp3) is 0.455. The van der Waals surface area contributed by atoms with Crippen LogP contribution in [0.2, 0.25) is 0 Å². The van der Waals surface area contributed by atoms with Crippen LogP contribution in [-0.2, 0) is 10.4 Å². The molecule has 15 heavy (non-hydrogen) atoms. The van der Waals surface area contributed by atoms with Crippen molar-refractivity contribution in [3.63, 3.8) is 0 Å². The highest BCUT2D eigenvalue weighted by molar-refractivity contribution is 5.45. The van der Waals surface area contributed by atoms with Crippen molar-refractivity contribution in [2.75, 3.05) is 13.2 Å². The molecule has 4 heteroatoms. The van der Waals surface area contributed by atoms with Crippen LogP contribution in [-0.4, -0.2) is 13.2 Å². The van der Waals surface area contributed by atoms with Crippen molar-refractivity contribution in [2.45, 2.75) is 19.4 Å². The summed E-state index contributed by atoms with van der Waals surface area (Å²) < 4.78 is 10.9. The zero-order chi connectivity index (χ0) is 10.9. The van der Waals surface area contributed by atoms with Crippen LogP contribution in [0.25, 0.3) is 0 Å². The predicted octanol–water partition coefficient (Wildman–Crippen LogP) is 1.58. The van der Waals surface area contributed by atoms with Gasteiger partial charge in [-0.15, -0.1) is 0 Å². The maximum absolute atomic E-state index is 5.48. The van der Waals surface area contributed by atoms with E-state index in [4.69, 9.17) is 20.2 Å². The number of benzene rings is 1. The molecule has 0 saturated carbocycles. The van der Waals surface area contributed by atoms with Gasteiger partial charge in [-0.25, -0.2) is 5.90 Å². The Morgan fingerprint density at radius 3 is 2.53 bits per heavy atom. The van der Waals surface area contributed by atoms with Crippen LogP contribution in [0.4, 0.5) is 0 Å². The Kier molecular flexibility index (Phi) is 2.54. The van der Waals surface area contributed by atoms with Gasteiger partial charge in [0.2, 0.25) is 0 Å². The van der Waals surface area contributed by atoms with Crippen LogP contribution in [0.1, 0.15) is 19.4 Å². The minimum Gasteiger partial charge on any atom is -0.486 e. The second kappa shape index (κ2) is 3.72. The summed E-state index contributed by atoms with van der Waals surface area (Å²) in [5.74, 6) is 6.77. The van der Waals surface area contributed by atoms with Gasteiger partial charge in [-0.2, -0.15) is 0 Å². The summed E-state index contributed by atoms with van der Waals surface area (Å²) in [6.45, 7) is 4.99. The molecule has 0 bridgehead atoms. The Morgan fingerprint density at radius 1 is 1.20 bits per heavy atom. The van der Waals surface area contributed by atoms with Gasteiger partial charge in [0.15, 0.2) is 11.5 Å². The number of hydrogen-bond donors (Lipinski definition) is 1. The average Bonchev–Trinajstić information content (AvgIpc) is 2.28. The lowest BCUT2D eigenvalue weighted by molar-refractivity contribution is -0.0239. The molecule has 1 heterocycles. The molecule has 2 rings (SSSR count). The lowest BCUT2D eigenvalue weighted by atomic mass is 9.98. The molecule has 0 atom stereocenters. The first-order chi connectivity index (χ1) is 7.13. The summed E-state index contributed by atoms with van der Waals surface area (Å²) in [6, 6.07) is 5.71. The summed E-state index contributed by atoms with van der Waals surface area (Å²) in [6.07, 6.45) is 0. The Bertz CT molecular complexity index is 363. The third kappa shape index (κ3) is 1.91. The van der Waals surface area contributed by atoms with E-state index in [-0.39, 0.29) is 0 Å². The normalized spacial score (nSPS) is 15.1. The van der Waals surface area contributed by atoms with Crippen molar-refractivity contribution in [3.8, 4) is 11.5 Å². The van der Waals surface area contributed by atoms with Crippen molar-refractivity contribution in [2.24, 2.45) is 5.90 Å². The molecule has 0 aliphatic carbocycles. The van der Waals surface area contributed by atoms with Crippen LogP contribution >= 0.6 is 0 Å². The molecule has 0 spiro atoms. The molecular formula is C11H15NO3. The van der Waals surface area contributed by atoms with Crippen LogP contribution in [0.15, 0.2) is 18.2 Å². The largest absolute Gasteiger partial charge is 0.486 e. The summed E-state index contributed by atoms with van der Waals surface area (Å²) in [5.41, 5.74) is 0.449. The number of fused-ring (bicyclic) bond motifs is 1. The van der Waals surface area contributed by atoms with E-state index in [1.807, 2.05) is 32.0 Å². The summed E-state index contributed by atoms with van der Waals surface area (Å²) in [7, 11) is 0. The van der Waals surface area contributed by atoms with E-state index < -0.39 is 5.60 Å². The maximum Gasteiger partial charge on any atom is 0.161 e. The van der Waals surface area contributed by atoms with Crippen molar-refractivity contribution in [1.82, 2.24) is 0 Å². The summed E-state index contributed by atoms with van der Waals surface area (Å²) >= 11 is 0. The Labute approximate surface area is 88.9 Å². The van der Waals surface area contributed by atoms with Crippen molar-refractivity contribution in [1.29, 1.82) is 0 Å². The molecule has 1 aromatic carbocycles. The molecule has 1 aliphatic rings. The third-order valence-corrected chi connectivity index (χ3v) is 2.53. The van der Waals surface area contributed by atoms with Crippen LogP contribution in [0.3, 0.4) is 0 Å². The second-order valence-corrected chi connectivity index (χ2v) is 3.99. The van der Waals surface area contributed by atoms with Gasteiger partial charge in [0.05, 0.1) is 0 Å². The lowest BCUT2D eigenvalue weighted by Crippen LogP contribution is -2.25. The van der Waals surface area contributed by atoms with Gasteiger partial charge >= 0.3 is 0 Å². The van der Waals surface area contributed by atoms with Gasteiger partial charge in [-0.05, 0) is 31.5 Å². The minimum absolute atomic E-state index is 0.518. The molecular weight excluding hydrogens is 194 g/mol. The van der Waals surface area contributed by atoms with E-state index in [0.717, 1.165) is 17.1 Å². The highest BCUT2D eigenvalue weighted by Crippen LogP contribution is 2.34. The van der Waals surface area contributed by atoms with E-state index in [2.05, 4.69) is 0 Å². The smallest absolute Gasteiger partial charge is 0.161 e.